The van der Waals surface area contributed by atoms with E-state index in [1.807, 2.05) is 11.8 Å². The second-order valence-electron chi connectivity index (χ2n) is 3.97. The van der Waals surface area contributed by atoms with Gasteiger partial charge in [0.1, 0.15) is 6.04 Å². The molecule has 0 aromatic carbocycles. The highest BCUT2D eigenvalue weighted by Crippen LogP contribution is 2.02. The van der Waals surface area contributed by atoms with E-state index in [9.17, 15) is 4.79 Å². The Labute approximate surface area is 103 Å². The second-order valence-corrected chi connectivity index (χ2v) is 3.97. The first-order valence-electron chi connectivity index (χ1n) is 5.68. The molecule has 0 saturated heterocycles. The van der Waals surface area contributed by atoms with E-state index in [4.69, 9.17) is 14.6 Å². The first-order valence-corrected chi connectivity index (χ1v) is 5.68. The molecule has 2 atom stereocenters. The highest BCUT2D eigenvalue weighted by molar-refractivity contribution is 5.73. The lowest BCUT2D eigenvalue weighted by atomic mass is 10.2. The number of methoxy groups -OCH3 is 2. The molecule has 0 heterocycles. The van der Waals surface area contributed by atoms with Gasteiger partial charge in [0.15, 0.2) is 0 Å². The van der Waals surface area contributed by atoms with Crippen LogP contribution in [0.4, 0.5) is 0 Å². The van der Waals surface area contributed by atoms with Crippen molar-refractivity contribution in [1.82, 2.24) is 10.2 Å². The lowest BCUT2D eigenvalue weighted by molar-refractivity contribution is -0.140. The van der Waals surface area contributed by atoms with Gasteiger partial charge >= 0.3 is 5.97 Å². The number of hydrogen-bond donors (Lipinski definition) is 2. The van der Waals surface area contributed by atoms with Crippen LogP contribution < -0.4 is 5.32 Å². The molecule has 0 bridgehead atoms. The first kappa shape index (κ1) is 16.3. The van der Waals surface area contributed by atoms with Gasteiger partial charge in [0.25, 0.3) is 0 Å². The molecule has 2 N–H and O–H groups in total. The number of nitrogens with zero attached hydrogens (tertiary/aromatic N) is 1. The van der Waals surface area contributed by atoms with E-state index in [0.29, 0.717) is 26.3 Å². The maximum absolute atomic E-state index is 11.0. The zero-order valence-electron chi connectivity index (χ0n) is 11.1. The number of carboxylic acids is 1. The summed E-state index contributed by atoms with van der Waals surface area (Å²) in [7, 11) is 4.91. The van der Waals surface area contributed by atoms with Gasteiger partial charge in [-0.3, -0.25) is 9.69 Å². The predicted octanol–water partition coefficient (Wildman–Crippen LogP) is -0.358. The smallest absolute Gasteiger partial charge is 0.322 e. The van der Waals surface area contributed by atoms with Crippen LogP contribution in [0.3, 0.4) is 0 Å². The lowest BCUT2D eigenvalue weighted by Crippen LogP contribution is -2.49. The molecule has 0 spiro atoms. The minimum Gasteiger partial charge on any atom is -0.480 e. The molecule has 17 heavy (non-hydrogen) atoms. The van der Waals surface area contributed by atoms with Crippen LogP contribution in [0.2, 0.25) is 0 Å². The van der Waals surface area contributed by atoms with Gasteiger partial charge in [-0.25, -0.2) is 0 Å². The van der Waals surface area contributed by atoms with Crippen LogP contribution in [-0.2, 0) is 14.3 Å². The summed E-state index contributed by atoms with van der Waals surface area (Å²) in [5.74, 6) is -0.848. The Morgan fingerprint density at radius 1 is 1.41 bits per heavy atom. The maximum atomic E-state index is 11.0. The summed E-state index contributed by atoms with van der Waals surface area (Å²) in [4.78, 5) is 13.0. The Morgan fingerprint density at radius 2 is 2.06 bits per heavy atom. The standard InChI is InChI=1S/C11H24N2O4/c1-9(8-17-4)13(5-6-16-3)7-10(12-2)11(14)15/h9-10,12H,5-8H2,1-4H3,(H,14,15). The van der Waals surface area contributed by atoms with E-state index < -0.39 is 12.0 Å². The van der Waals surface area contributed by atoms with Gasteiger partial charge in [-0.1, -0.05) is 0 Å². The van der Waals surface area contributed by atoms with Crippen molar-refractivity contribution in [3.63, 3.8) is 0 Å². The number of aliphatic carboxylic acids is 1. The summed E-state index contributed by atoms with van der Waals surface area (Å²) in [5, 5.41) is 11.8. The molecule has 0 aromatic rings. The van der Waals surface area contributed by atoms with Crippen molar-refractivity contribution >= 4 is 5.97 Å². The number of carbonyl (C=O) groups is 1. The van der Waals surface area contributed by atoms with Crippen molar-refractivity contribution in [2.75, 3.05) is 47.6 Å². The molecule has 2 unspecified atom stereocenters. The van der Waals surface area contributed by atoms with Crippen LogP contribution in [0.5, 0.6) is 0 Å². The van der Waals surface area contributed by atoms with E-state index in [2.05, 4.69) is 5.32 Å². The molecule has 0 radical (unpaired) electrons. The molecule has 0 aromatic heterocycles. The third kappa shape index (κ3) is 6.58. The number of nitrogens with one attached hydrogen (secondary N) is 1. The SMILES string of the molecule is CNC(CN(CCOC)C(C)COC)C(=O)O. The fourth-order valence-electron chi connectivity index (χ4n) is 1.57. The molecular weight excluding hydrogens is 224 g/mol. The number of hydrogen-bond acceptors (Lipinski definition) is 5. The average molecular weight is 248 g/mol. The Morgan fingerprint density at radius 3 is 2.47 bits per heavy atom. The van der Waals surface area contributed by atoms with Crippen LogP contribution in [0.25, 0.3) is 0 Å². The van der Waals surface area contributed by atoms with E-state index in [0.717, 1.165) is 0 Å². The molecular formula is C11H24N2O4. The van der Waals surface area contributed by atoms with Crippen molar-refractivity contribution in [2.45, 2.75) is 19.0 Å². The predicted molar refractivity (Wildman–Crippen MR) is 65.3 cm³/mol. The molecule has 6 nitrogen and oxygen atoms in total. The number of rotatable bonds is 10. The Hall–Kier alpha value is -0.690. The number of carboxylic acid groups (broad SMARTS) is 1. The third-order valence-corrected chi connectivity index (χ3v) is 2.68. The average Bonchev–Trinajstić information content (AvgIpc) is 2.29. The Balaban J connectivity index is 4.39. The molecule has 0 amide bonds. The minimum atomic E-state index is -0.848. The first-order chi connectivity index (χ1) is 8.06. The van der Waals surface area contributed by atoms with E-state index in [-0.39, 0.29) is 6.04 Å². The second kappa shape index (κ2) is 9.35. The number of ether oxygens (including phenoxy) is 2. The van der Waals surface area contributed by atoms with Crippen molar-refractivity contribution in [2.24, 2.45) is 0 Å². The normalized spacial score (nSPS) is 14.9. The third-order valence-electron chi connectivity index (χ3n) is 2.68. The number of likely N-dealkylation sites (N-methyl/N-ethyl adjacent to an activating group) is 1. The van der Waals surface area contributed by atoms with Crippen molar-refractivity contribution in [3.8, 4) is 0 Å². The molecule has 0 saturated carbocycles. The fourth-order valence-corrected chi connectivity index (χ4v) is 1.57. The zero-order valence-corrected chi connectivity index (χ0v) is 11.1. The fraction of sp³-hybridized carbons (Fsp3) is 0.909. The summed E-state index contributed by atoms with van der Waals surface area (Å²) >= 11 is 0. The van der Waals surface area contributed by atoms with Gasteiger partial charge in [0.2, 0.25) is 0 Å². The maximum Gasteiger partial charge on any atom is 0.322 e. The lowest BCUT2D eigenvalue weighted by Gasteiger charge is -2.30. The van der Waals surface area contributed by atoms with E-state index in [1.165, 1.54) is 0 Å². The van der Waals surface area contributed by atoms with Gasteiger partial charge in [0.05, 0.1) is 13.2 Å². The van der Waals surface area contributed by atoms with Crippen molar-refractivity contribution in [3.05, 3.63) is 0 Å². The van der Waals surface area contributed by atoms with Crippen molar-refractivity contribution in [1.29, 1.82) is 0 Å². The minimum absolute atomic E-state index is 0.158. The summed E-state index contributed by atoms with van der Waals surface area (Å²) in [6, 6.07) is -0.420. The van der Waals surface area contributed by atoms with E-state index in [1.54, 1.807) is 21.3 Å². The van der Waals surface area contributed by atoms with Crippen molar-refractivity contribution < 1.29 is 19.4 Å². The summed E-state index contributed by atoms with van der Waals surface area (Å²) in [5.41, 5.74) is 0. The highest BCUT2D eigenvalue weighted by atomic mass is 16.5. The molecule has 102 valence electrons. The molecule has 0 aliphatic rings. The molecule has 0 fully saturated rings. The highest BCUT2D eigenvalue weighted by Gasteiger charge is 2.22. The Kier molecular flexibility index (Phi) is 8.97. The van der Waals surface area contributed by atoms with E-state index >= 15 is 0 Å². The van der Waals surface area contributed by atoms with Crippen LogP contribution in [0, 0.1) is 0 Å². The summed E-state index contributed by atoms with van der Waals surface area (Å²) < 4.78 is 10.1. The largest absolute Gasteiger partial charge is 0.480 e. The molecule has 0 aliphatic carbocycles. The van der Waals surface area contributed by atoms with Crippen LogP contribution >= 0.6 is 0 Å². The zero-order chi connectivity index (χ0) is 13.3. The van der Waals surface area contributed by atoms with Crippen LogP contribution in [0.1, 0.15) is 6.92 Å². The van der Waals surface area contributed by atoms with Crippen LogP contribution in [-0.4, -0.2) is 75.6 Å². The molecule has 0 aliphatic heterocycles. The Bertz CT molecular complexity index is 214. The monoisotopic (exact) mass is 248 g/mol. The van der Waals surface area contributed by atoms with Gasteiger partial charge in [-0.2, -0.15) is 0 Å². The van der Waals surface area contributed by atoms with Gasteiger partial charge in [-0.15, -0.1) is 0 Å². The van der Waals surface area contributed by atoms with Gasteiger partial charge in [-0.05, 0) is 14.0 Å². The summed E-state index contributed by atoms with van der Waals surface area (Å²) in [6.45, 7) is 4.27. The summed E-state index contributed by atoms with van der Waals surface area (Å²) in [6.07, 6.45) is 0. The van der Waals surface area contributed by atoms with Gasteiger partial charge < -0.3 is 19.9 Å². The van der Waals surface area contributed by atoms with Crippen LogP contribution in [0.15, 0.2) is 0 Å². The molecule has 0 rings (SSSR count). The quantitative estimate of drug-likeness (QED) is 0.550. The van der Waals surface area contributed by atoms with Gasteiger partial charge in [0, 0.05) is 33.4 Å². The molecule has 6 heteroatoms. The topological polar surface area (TPSA) is 71.0 Å².